The fraction of sp³-hybridized carbons (Fsp3) is 0.667. The molecule has 4 aliphatic heterocycles. The van der Waals surface area contributed by atoms with E-state index in [1.807, 2.05) is 6.92 Å². The van der Waals surface area contributed by atoms with Crippen LogP contribution in [0.2, 0.25) is 0 Å². The van der Waals surface area contributed by atoms with Crippen LogP contribution in [0.1, 0.15) is 32.5 Å². The van der Waals surface area contributed by atoms with Crippen molar-refractivity contribution in [2.45, 2.75) is 33.0 Å². The molecule has 4 saturated heterocycles. The Bertz CT molecular complexity index is 597. The third-order valence-corrected chi connectivity index (χ3v) is 6.74. The Morgan fingerprint density at radius 2 is 1.74 bits per heavy atom. The van der Waals surface area contributed by atoms with Gasteiger partial charge in [-0.2, -0.15) is 0 Å². The van der Waals surface area contributed by atoms with Crippen LogP contribution in [0.4, 0.5) is 0 Å². The molecule has 4 heterocycles. The molecular formula is C18H27BrN2O2+2. The van der Waals surface area contributed by atoms with Gasteiger partial charge in [0.25, 0.3) is 0 Å². The minimum absolute atomic E-state index is 0.0458. The van der Waals surface area contributed by atoms with Crippen LogP contribution in [-0.4, -0.2) is 44.0 Å². The number of aliphatic hydroxyl groups is 1. The summed E-state index contributed by atoms with van der Waals surface area (Å²) in [5, 5.41) is 10.8. The molecule has 0 amide bonds. The zero-order chi connectivity index (χ0) is 16.4. The summed E-state index contributed by atoms with van der Waals surface area (Å²) in [7, 11) is 0. The summed E-state index contributed by atoms with van der Waals surface area (Å²) in [4.78, 5) is 3.21. The van der Waals surface area contributed by atoms with Crippen LogP contribution in [0, 0.1) is 10.8 Å². The highest BCUT2D eigenvalue weighted by Gasteiger charge is 2.68. The number of ether oxygens (including phenoxy) is 1. The van der Waals surface area contributed by atoms with Crippen molar-refractivity contribution >= 4 is 15.9 Å². The van der Waals surface area contributed by atoms with Gasteiger partial charge in [0.15, 0.2) is 0 Å². The lowest BCUT2D eigenvalue weighted by molar-refractivity contribution is -1.19. The largest absolute Gasteiger partial charge is 0.493 e. The highest BCUT2D eigenvalue weighted by Crippen LogP contribution is 2.40. The zero-order valence-corrected chi connectivity index (χ0v) is 15.7. The Balaban J connectivity index is 1.75. The van der Waals surface area contributed by atoms with Crippen molar-refractivity contribution < 1.29 is 19.6 Å². The van der Waals surface area contributed by atoms with Crippen molar-refractivity contribution in [3.63, 3.8) is 0 Å². The first kappa shape index (κ1) is 15.9. The number of quaternary nitrogens is 2. The molecule has 126 valence electrons. The molecule has 0 aromatic heterocycles. The van der Waals surface area contributed by atoms with Gasteiger partial charge in [0.1, 0.15) is 11.3 Å². The van der Waals surface area contributed by atoms with Crippen molar-refractivity contribution in [2.24, 2.45) is 10.8 Å². The SMILES string of the molecule is CCOc1ccc(Br)cc1C1[NH+]2CC3(C)C[NH+]1CC(C)(C2)C3O. The van der Waals surface area contributed by atoms with E-state index in [0.29, 0.717) is 12.8 Å². The maximum atomic E-state index is 10.8. The molecule has 23 heavy (non-hydrogen) atoms. The Morgan fingerprint density at radius 3 is 2.26 bits per heavy atom. The normalized spacial score (nSPS) is 44.6. The van der Waals surface area contributed by atoms with Crippen LogP contribution in [-0.2, 0) is 0 Å². The third kappa shape index (κ3) is 2.28. The van der Waals surface area contributed by atoms with Gasteiger partial charge in [-0.05, 0) is 39.0 Å². The van der Waals surface area contributed by atoms with Crippen molar-refractivity contribution in [2.75, 3.05) is 32.8 Å². The van der Waals surface area contributed by atoms with Crippen LogP contribution in [0.3, 0.4) is 0 Å². The third-order valence-electron chi connectivity index (χ3n) is 6.24. The number of hydrogen-bond donors (Lipinski definition) is 3. The molecule has 0 saturated carbocycles. The molecule has 5 rings (SSSR count). The molecular weight excluding hydrogens is 356 g/mol. The van der Waals surface area contributed by atoms with Crippen LogP contribution in [0.15, 0.2) is 22.7 Å². The summed E-state index contributed by atoms with van der Waals surface area (Å²) in [6.45, 7) is 11.5. The Morgan fingerprint density at radius 1 is 1.17 bits per heavy atom. The Hall–Kier alpha value is -0.620. The number of piperidine rings is 2. The van der Waals surface area contributed by atoms with Gasteiger partial charge in [-0.25, -0.2) is 0 Å². The van der Waals surface area contributed by atoms with Gasteiger partial charge in [0.2, 0.25) is 6.17 Å². The van der Waals surface area contributed by atoms with E-state index in [1.54, 1.807) is 9.80 Å². The van der Waals surface area contributed by atoms with Crippen LogP contribution in [0.5, 0.6) is 5.75 Å². The van der Waals surface area contributed by atoms with E-state index in [-0.39, 0.29) is 16.9 Å². The number of benzene rings is 1. The molecule has 1 aromatic carbocycles. The monoisotopic (exact) mass is 382 g/mol. The number of hydrogen-bond acceptors (Lipinski definition) is 2. The van der Waals surface area contributed by atoms with Crippen LogP contribution >= 0.6 is 15.9 Å². The van der Waals surface area contributed by atoms with Gasteiger partial charge in [-0.1, -0.05) is 15.9 Å². The quantitative estimate of drug-likeness (QED) is 0.689. The summed E-state index contributed by atoms with van der Waals surface area (Å²) >= 11 is 3.63. The van der Waals surface area contributed by atoms with Crippen molar-refractivity contribution in [1.82, 2.24) is 0 Å². The van der Waals surface area contributed by atoms with E-state index in [2.05, 4.69) is 48.0 Å². The average molecular weight is 383 g/mol. The first-order valence-corrected chi connectivity index (χ1v) is 9.45. The van der Waals surface area contributed by atoms with E-state index in [9.17, 15) is 5.11 Å². The number of halogens is 1. The van der Waals surface area contributed by atoms with E-state index in [4.69, 9.17) is 4.74 Å². The lowest BCUT2D eigenvalue weighted by Crippen LogP contribution is -3.41. The molecule has 4 fully saturated rings. The molecule has 1 aromatic rings. The van der Waals surface area contributed by atoms with Crippen molar-refractivity contribution in [3.8, 4) is 5.75 Å². The molecule has 4 nitrogen and oxygen atoms in total. The molecule has 4 bridgehead atoms. The lowest BCUT2D eigenvalue weighted by Gasteiger charge is -2.62. The molecule has 0 unspecified atom stereocenters. The minimum Gasteiger partial charge on any atom is -0.493 e. The van der Waals surface area contributed by atoms with Crippen molar-refractivity contribution in [1.29, 1.82) is 0 Å². The molecule has 4 aliphatic rings. The van der Waals surface area contributed by atoms with E-state index >= 15 is 0 Å². The van der Waals surface area contributed by atoms with E-state index in [1.165, 1.54) is 5.56 Å². The molecule has 0 radical (unpaired) electrons. The zero-order valence-electron chi connectivity index (χ0n) is 14.2. The molecule has 0 atom stereocenters. The number of aliphatic hydroxyl groups excluding tert-OH is 1. The van der Waals surface area contributed by atoms with Gasteiger partial charge < -0.3 is 9.84 Å². The fourth-order valence-corrected chi connectivity index (χ4v) is 6.10. The second-order valence-corrected chi connectivity index (χ2v) is 9.20. The van der Waals surface area contributed by atoms with E-state index in [0.717, 1.165) is 36.4 Å². The molecule has 3 N–H and O–H groups in total. The second-order valence-electron chi connectivity index (χ2n) is 8.28. The maximum absolute atomic E-state index is 10.8. The number of rotatable bonds is 3. The molecule has 0 spiro atoms. The standard InChI is InChI=1S/C18H25BrN2O2/c1-4-23-14-6-5-12(19)7-13(14)15-20-8-17(2)9-21(15)11-18(3,10-20)16(17)22/h5-7,15-16,22H,4,8-11H2,1-3H3/p+2. The summed E-state index contributed by atoms with van der Waals surface area (Å²) in [5.74, 6) is 1.02. The van der Waals surface area contributed by atoms with Gasteiger partial charge in [0, 0.05) is 4.47 Å². The summed E-state index contributed by atoms with van der Waals surface area (Å²) in [5.41, 5.74) is 1.40. The van der Waals surface area contributed by atoms with Crippen molar-refractivity contribution in [3.05, 3.63) is 28.2 Å². The Kier molecular flexibility index (Phi) is 3.58. The summed E-state index contributed by atoms with van der Waals surface area (Å²) in [6.07, 6.45) is 0.250. The highest BCUT2D eigenvalue weighted by atomic mass is 79.9. The topological polar surface area (TPSA) is 38.3 Å². The predicted octanol–water partition coefficient (Wildman–Crippen LogP) is 0.0305. The predicted molar refractivity (Wildman–Crippen MR) is 91.7 cm³/mol. The first-order valence-electron chi connectivity index (χ1n) is 8.66. The van der Waals surface area contributed by atoms with Gasteiger partial charge in [0.05, 0.1) is 49.7 Å². The first-order chi connectivity index (χ1) is 10.9. The highest BCUT2D eigenvalue weighted by molar-refractivity contribution is 9.10. The fourth-order valence-electron chi connectivity index (χ4n) is 5.72. The van der Waals surface area contributed by atoms with Crippen LogP contribution in [0.25, 0.3) is 0 Å². The Labute approximate surface area is 146 Å². The summed E-state index contributed by atoms with van der Waals surface area (Å²) < 4.78 is 7.04. The molecule has 5 heteroatoms. The average Bonchev–Trinajstić information content (AvgIpc) is 2.46. The van der Waals surface area contributed by atoms with E-state index < -0.39 is 0 Å². The minimum atomic E-state index is -0.169. The van der Waals surface area contributed by atoms with Crippen LogP contribution < -0.4 is 14.5 Å². The van der Waals surface area contributed by atoms with Gasteiger partial charge in [-0.15, -0.1) is 0 Å². The summed E-state index contributed by atoms with van der Waals surface area (Å²) in [6, 6.07) is 6.39. The second kappa shape index (κ2) is 5.19. The smallest absolute Gasteiger partial charge is 0.243 e. The maximum Gasteiger partial charge on any atom is 0.243 e. The van der Waals surface area contributed by atoms with Gasteiger partial charge >= 0.3 is 0 Å². The van der Waals surface area contributed by atoms with Gasteiger partial charge in [-0.3, -0.25) is 9.80 Å². The molecule has 0 aliphatic carbocycles. The lowest BCUT2D eigenvalue weighted by atomic mass is 9.60. The number of nitrogens with one attached hydrogen (secondary N) is 2.